The van der Waals surface area contributed by atoms with E-state index < -0.39 is 53.2 Å². The Kier molecular flexibility index (Phi) is 16.6. The second-order valence-corrected chi connectivity index (χ2v) is 15.8. The quantitative estimate of drug-likeness (QED) is 0.100. The van der Waals surface area contributed by atoms with E-state index in [0.717, 1.165) is 48.8 Å². The van der Waals surface area contributed by atoms with Crippen LogP contribution in [0, 0.1) is 6.92 Å². The highest BCUT2D eigenvalue weighted by Gasteiger charge is 2.38. The van der Waals surface area contributed by atoms with E-state index in [9.17, 15) is 19.2 Å². The molecule has 53 heavy (non-hydrogen) atoms. The molecule has 0 bridgehead atoms. The van der Waals surface area contributed by atoms with Crippen LogP contribution in [0.25, 0.3) is 0 Å². The Morgan fingerprint density at radius 2 is 1.15 bits per heavy atom. The zero-order valence-corrected chi connectivity index (χ0v) is 33.1. The molecule has 0 aromatic heterocycles. The number of nitrogens with zero attached hydrogens (tertiary/aromatic N) is 1. The number of rotatable bonds is 18. The Labute approximate surface area is 317 Å². The van der Waals surface area contributed by atoms with Gasteiger partial charge in [0.25, 0.3) is 0 Å². The number of carbonyl (C=O) groups is 4. The summed E-state index contributed by atoms with van der Waals surface area (Å²) in [5.74, 6) is -1.51. The predicted octanol–water partition coefficient (Wildman–Crippen LogP) is 8.43. The molecule has 9 heteroatoms. The average Bonchev–Trinajstić information content (AvgIpc) is 3.08. The van der Waals surface area contributed by atoms with Gasteiger partial charge >= 0.3 is 12.1 Å². The molecule has 288 valence electrons. The number of benzene rings is 3. The van der Waals surface area contributed by atoms with Crippen LogP contribution in [0.2, 0.25) is 0 Å². The van der Waals surface area contributed by atoms with Crippen molar-refractivity contribution in [2.24, 2.45) is 0 Å². The number of nitrogens with one attached hydrogen (secondary N) is 2. The van der Waals surface area contributed by atoms with Gasteiger partial charge in [-0.3, -0.25) is 9.59 Å². The van der Waals surface area contributed by atoms with Gasteiger partial charge in [-0.2, -0.15) is 0 Å². The van der Waals surface area contributed by atoms with Crippen LogP contribution in [0.4, 0.5) is 4.79 Å². The molecule has 0 heterocycles. The second-order valence-electron chi connectivity index (χ2n) is 15.8. The van der Waals surface area contributed by atoms with E-state index in [2.05, 4.69) is 17.6 Å². The van der Waals surface area contributed by atoms with Gasteiger partial charge in [-0.1, -0.05) is 130 Å². The normalized spacial score (nSPS) is 13.3. The molecule has 0 aliphatic rings. The molecule has 0 fully saturated rings. The lowest BCUT2D eigenvalue weighted by Gasteiger charge is -2.35. The number of unbranched alkanes of at least 4 members (excludes halogenated alkanes) is 5. The minimum Gasteiger partial charge on any atom is -0.458 e. The first kappa shape index (κ1) is 42.8. The highest BCUT2D eigenvalue weighted by atomic mass is 16.6. The first-order valence-corrected chi connectivity index (χ1v) is 19.0. The summed E-state index contributed by atoms with van der Waals surface area (Å²) in [5, 5.41) is 5.83. The van der Waals surface area contributed by atoms with Crippen LogP contribution in [0.3, 0.4) is 0 Å². The lowest BCUT2D eigenvalue weighted by atomic mass is 9.98. The van der Waals surface area contributed by atoms with Crippen LogP contribution < -0.4 is 10.6 Å². The molecule has 0 radical (unpaired) electrons. The molecule has 3 aromatic carbocycles. The number of alkyl carbamates (subject to hydrolysis) is 1. The standard InChI is InChI=1S/C44H61N3O6/c1-9-10-11-12-13-20-29-47(40(49)36(30-33-21-16-14-17-22-33)46-42(51)53-44(6,7)8)38(35-27-25-32(2)26-28-35)39(48)45-37(41(50)52-43(3,4)5)31-34-23-18-15-19-24-34/h14-19,21-28,36-38H,9-13,20,29-31H2,1-8H3,(H,45,48)(H,46,51). The molecule has 3 aromatic rings. The lowest BCUT2D eigenvalue weighted by molar-refractivity contribution is -0.159. The van der Waals surface area contributed by atoms with Crippen molar-refractivity contribution in [3.8, 4) is 0 Å². The maximum atomic E-state index is 15.0. The second kappa shape index (κ2) is 20.5. The maximum absolute atomic E-state index is 15.0. The fourth-order valence-electron chi connectivity index (χ4n) is 6.02. The van der Waals surface area contributed by atoms with Gasteiger partial charge in [0.15, 0.2) is 0 Å². The Bertz CT molecular complexity index is 1580. The Morgan fingerprint density at radius 3 is 1.68 bits per heavy atom. The van der Waals surface area contributed by atoms with E-state index in [4.69, 9.17) is 9.47 Å². The SMILES string of the molecule is CCCCCCCCN(C(=O)C(Cc1ccccc1)NC(=O)OC(C)(C)C)C(C(=O)NC(Cc1ccccc1)C(=O)OC(C)(C)C)c1ccc(C)cc1. The molecule has 3 atom stereocenters. The number of esters is 1. The van der Waals surface area contributed by atoms with Gasteiger partial charge in [0.1, 0.15) is 29.3 Å². The molecular weight excluding hydrogens is 666 g/mol. The van der Waals surface area contributed by atoms with Gasteiger partial charge in [0.2, 0.25) is 11.8 Å². The third-order valence-electron chi connectivity index (χ3n) is 8.55. The van der Waals surface area contributed by atoms with Crippen molar-refractivity contribution in [2.75, 3.05) is 6.54 Å². The summed E-state index contributed by atoms with van der Waals surface area (Å²) in [6, 6.07) is 23.2. The Hall–Kier alpha value is -4.66. The topological polar surface area (TPSA) is 114 Å². The zero-order valence-electron chi connectivity index (χ0n) is 33.1. The van der Waals surface area contributed by atoms with Crippen LogP contribution in [0.5, 0.6) is 0 Å². The average molecular weight is 728 g/mol. The van der Waals surface area contributed by atoms with E-state index in [1.54, 1.807) is 46.4 Å². The molecule has 0 saturated carbocycles. The summed E-state index contributed by atoms with van der Waals surface area (Å²) in [6.45, 7) is 15.0. The Morgan fingerprint density at radius 1 is 0.642 bits per heavy atom. The van der Waals surface area contributed by atoms with Gasteiger partial charge in [-0.05, 0) is 71.6 Å². The predicted molar refractivity (Wildman–Crippen MR) is 210 cm³/mol. The van der Waals surface area contributed by atoms with Gasteiger partial charge in [0.05, 0.1) is 0 Å². The fraction of sp³-hybridized carbons (Fsp3) is 0.500. The van der Waals surface area contributed by atoms with Gasteiger partial charge in [-0.15, -0.1) is 0 Å². The number of amides is 3. The van der Waals surface area contributed by atoms with Gasteiger partial charge in [-0.25, -0.2) is 9.59 Å². The van der Waals surface area contributed by atoms with Crippen molar-refractivity contribution in [2.45, 2.75) is 136 Å². The van der Waals surface area contributed by atoms with E-state index in [1.807, 2.05) is 91.9 Å². The molecule has 3 amide bonds. The number of hydrogen-bond donors (Lipinski definition) is 2. The first-order chi connectivity index (χ1) is 25.1. The van der Waals surface area contributed by atoms with E-state index in [0.29, 0.717) is 12.0 Å². The molecule has 0 saturated heterocycles. The highest BCUT2D eigenvalue weighted by molar-refractivity contribution is 5.94. The summed E-state index contributed by atoms with van der Waals surface area (Å²) in [7, 11) is 0. The molecule has 0 spiro atoms. The molecule has 0 aliphatic carbocycles. The maximum Gasteiger partial charge on any atom is 0.408 e. The van der Waals surface area contributed by atoms with Crippen LogP contribution in [0.1, 0.15) is 115 Å². The van der Waals surface area contributed by atoms with E-state index in [-0.39, 0.29) is 19.4 Å². The number of carbonyl (C=O) groups excluding carboxylic acids is 4. The van der Waals surface area contributed by atoms with Crippen molar-refractivity contribution in [1.82, 2.24) is 15.5 Å². The van der Waals surface area contributed by atoms with Crippen molar-refractivity contribution in [3.63, 3.8) is 0 Å². The molecule has 0 aliphatic heterocycles. The van der Waals surface area contributed by atoms with E-state index >= 15 is 0 Å². The van der Waals surface area contributed by atoms with Crippen LogP contribution in [-0.4, -0.2) is 58.6 Å². The third kappa shape index (κ3) is 15.5. The highest BCUT2D eigenvalue weighted by Crippen LogP contribution is 2.26. The molecule has 3 unspecified atom stereocenters. The molecular formula is C44H61N3O6. The lowest BCUT2D eigenvalue weighted by Crippen LogP contribution is -2.55. The summed E-state index contributed by atoms with van der Waals surface area (Å²) < 4.78 is 11.4. The monoisotopic (exact) mass is 727 g/mol. The van der Waals surface area contributed by atoms with Crippen LogP contribution >= 0.6 is 0 Å². The summed E-state index contributed by atoms with van der Waals surface area (Å²) in [6.07, 6.45) is 5.49. The number of hydrogen-bond acceptors (Lipinski definition) is 6. The molecule has 9 nitrogen and oxygen atoms in total. The molecule has 3 rings (SSSR count). The Balaban J connectivity index is 2.10. The summed E-state index contributed by atoms with van der Waals surface area (Å²) >= 11 is 0. The van der Waals surface area contributed by atoms with Gasteiger partial charge < -0.3 is 25.0 Å². The zero-order chi connectivity index (χ0) is 39.0. The van der Waals surface area contributed by atoms with Crippen LogP contribution in [-0.2, 0) is 36.7 Å². The first-order valence-electron chi connectivity index (χ1n) is 19.0. The molecule has 2 N–H and O–H groups in total. The number of aryl methyl sites for hydroxylation is 1. The van der Waals surface area contributed by atoms with Crippen molar-refractivity contribution < 1.29 is 28.7 Å². The minimum absolute atomic E-state index is 0.183. The fourth-order valence-corrected chi connectivity index (χ4v) is 6.02. The van der Waals surface area contributed by atoms with Crippen molar-refractivity contribution >= 4 is 23.9 Å². The third-order valence-corrected chi connectivity index (χ3v) is 8.55. The van der Waals surface area contributed by atoms with Crippen LogP contribution in [0.15, 0.2) is 84.9 Å². The summed E-state index contributed by atoms with van der Waals surface area (Å²) in [4.78, 5) is 58.2. The summed E-state index contributed by atoms with van der Waals surface area (Å²) in [5.41, 5.74) is 1.69. The van der Waals surface area contributed by atoms with Crippen molar-refractivity contribution in [3.05, 3.63) is 107 Å². The minimum atomic E-state index is -1.11. The van der Waals surface area contributed by atoms with Crippen molar-refractivity contribution in [1.29, 1.82) is 0 Å². The van der Waals surface area contributed by atoms with Gasteiger partial charge in [0, 0.05) is 19.4 Å². The number of ether oxygens (including phenoxy) is 2. The van der Waals surface area contributed by atoms with E-state index in [1.165, 1.54) is 0 Å². The largest absolute Gasteiger partial charge is 0.458 e. The smallest absolute Gasteiger partial charge is 0.408 e.